The van der Waals surface area contributed by atoms with Crippen molar-refractivity contribution < 1.29 is 19.8 Å². The molecule has 4 nitrogen and oxygen atoms in total. The van der Waals surface area contributed by atoms with Gasteiger partial charge in [-0.05, 0) is 68.1 Å². The Hall–Kier alpha value is -1.26. The Morgan fingerprint density at radius 3 is 2.33 bits per heavy atom. The first kappa shape index (κ1) is 17.6. The lowest BCUT2D eigenvalue weighted by Crippen LogP contribution is -2.42. The molecule has 0 aromatic heterocycles. The molecule has 3 aliphatic carbocycles. The van der Waals surface area contributed by atoms with E-state index in [2.05, 4.69) is 13.8 Å². The van der Waals surface area contributed by atoms with E-state index in [4.69, 9.17) is 0 Å². The summed E-state index contributed by atoms with van der Waals surface area (Å²) in [6.07, 6.45) is 4.88. The molecule has 0 bridgehead atoms. The van der Waals surface area contributed by atoms with Gasteiger partial charge in [-0.3, -0.25) is 9.59 Å². The highest BCUT2D eigenvalue weighted by atomic mass is 16.3. The summed E-state index contributed by atoms with van der Waals surface area (Å²) in [7, 11) is 0. The Morgan fingerprint density at radius 1 is 1.08 bits per heavy atom. The first-order chi connectivity index (χ1) is 10.9. The molecular weight excluding hydrogens is 304 g/mol. The fraction of sp³-hybridized carbons (Fsp3) is 0.700. The summed E-state index contributed by atoms with van der Waals surface area (Å²) in [6, 6.07) is 0. The van der Waals surface area contributed by atoms with Crippen molar-refractivity contribution in [2.24, 2.45) is 23.2 Å². The second kappa shape index (κ2) is 5.12. The molecule has 0 heterocycles. The highest BCUT2D eigenvalue weighted by molar-refractivity contribution is 6.19. The molecule has 0 aliphatic heterocycles. The van der Waals surface area contributed by atoms with Crippen LogP contribution in [0.1, 0.15) is 53.9 Å². The molecule has 0 unspecified atom stereocenters. The second-order valence-corrected chi connectivity index (χ2v) is 8.91. The molecule has 0 aromatic rings. The van der Waals surface area contributed by atoms with Gasteiger partial charge in [0.25, 0.3) is 0 Å². The van der Waals surface area contributed by atoms with Crippen molar-refractivity contribution in [3.63, 3.8) is 0 Å². The van der Waals surface area contributed by atoms with Gasteiger partial charge in [0, 0.05) is 11.5 Å². The van der Waals surface area contributed by atoms with E-state index in [0.29, 0.717) is 23.8 Å². The van der Waals surface area contributed by atoms with Crippen molar-refractivity contribution in [3.8, 4) is 0 Å². The molecule has 0 radical (unpaired) electrons. The van der Waals surface area contributed by atoms with E-state index in [9.17, 15) is 19.8 Å². The number of fused-ring (bicyclic) bond motifs is 2. The Labute approximate surface area is 143 Å². The average Bonchev–Trinajstić information content (AvgIpc) is 2.91. The third-order valence-corrected chi connectivity index (χ3v) is 6.57. The van der Waals surface area contributed by atoms with E-state index < -0.39 is 11.2 Å². The van der Waals surface area contributed by atoms with E-state index in [-0.39, 0.29) is 28.5 Å². The maximum Gasteiger partial charge on any atom is 0.188 e. The monoisotopic (exact) mass is 332 g/mol. The Morgan fingerprint density at radius 2 is 1.71 bits per heavy atom. The molecule has 3 aliphatic rings. The van der Waals surface area contributed by atoms with Crippen LogP contribution in [-0.2, 0) is 9.59 Å². The van der Waals surface area contributed by atoms with Gasteiger partial charge < -0.3 is 10.2 Å². The van der Waals surface area contributed by atoms with Crippen molar-refractivity contribution in [2.45, 2.75) is 65.1 Å². The maximum absolute atomic E-state index is 13.0. The molecule has 0 amide bonds. The largest absolute Gasteiger partial charge is 0.386 e. The van der Waals surface area contributed by atoms with Gasteiger partial charge in [0.05, 0.1) is 5.60 Å². The molecule has 5 atom stereocenters. The summed E-state index contributed by atoms with van der Waals surface area (Å²) in [5.41, 5.74) is -2.56. The fourth-order valence-electron chi connectivity index (χ4n) is 4.81. The lowest BCUT2D eigenvalue weighted by Gasteiger charge is -2.27. The van der Waals surface area contributed by atoms with Gasteiger partial charge >= 0.3 is 0 Å². The van der Waals surface area contributed by atoms with E-state index in [1.807, 2.05) is 6.92 Å². The molecular formula is C20H28O4. The zero-order chi connectivity index (χ0) is 18.1. The van der Waals surface area contributed by atoms with Gasteiger partial charge in [-0.1, -0.05) is 20.8 Å². The van der Waals surface area contributed by atoms with Crippen molar-refractivity contribution in [3.05, 3.63) is 23.3 Å². The summed E-state index contributed by atoms with van der Waals surface area (Å²) < 4.78 is 0. The summed E-state index contributed by atoms with van der Waals surface area (Å²) >= 11 is 0. The van der Waals surface area contributed by atoms with E-state index in [0.717, 1.165) is 12.8 Å². The average molecular weight is 332 g/mol. The first-order valence-electron chi connectivity index (χ1n) is 8.87. The van der Waals surface area contributed by atoms with E-state index in [1.54, 1.807) is 13.8 Å². The fourth-order valence-corrected chi connectivity index (χ4v) is 4.81. The molecule has 24 heavy (non-hydrogen) atoms. The molecule has 132 valence electrons. The predicted octanol–water partition coefficient (Wildman–Crippen LogP) is 2.59. The predicted molar refractivity (Wildman–Crippen MR) is 91.2 cm³/mol. The highest BCUT2D eigenvalue weighted by Gasteiger charge is 2.59. The van der Waals surface area contributed by atoms with Crippen molar-refractivity contribution >= 4 is 11.6 Å². The SMILES string of the molecule is CC1=C[C@]2(O)C(=O)[C@H](C)C[C@@H]3[C@H](CC[C@](C)(O)/C=C/2C1=O)C3(C)C. The summed E-state index contributed by atoms with van der Waals surface area (Å²) in [5, 5.41) is 21.8. The smallest absolute Gasteiger partial charge is 0.188 e. The number of aliphatic hydroxyl groups is 2. The third-order valence-electron chi connectivity index (χ3n) is 6.57. The number of ketones is 2. The van der Waals surface area contributed by atoms with Crippen molar-refractivity contribution in [1.82, 2.24) is 0 Å². The van der Waals surface area contributed by atoms with Gasteiger partial charge in [0.2, 0.25) is 0 Å². The Bertz CT molecular complexity index is 667. The first-order valence-corrected chi connectivity index (χ1v) is 8.87. The van der Waals surface area contributed by atoms with Crippen LogP contribution in [0.2, 0.25) is 0 Å². The summed E-state index contributed by atoms with van der Waals surface area (Å²) in [4.78, 5) is 25.4. The van der Waals surface area contributed by atoms with Crippen LogP contribution in [0, 0.1) is 23.2 Å². The van der Waals surface area contributed by atoms with Gasteiger partial charge in [-0.2, -0.15) is 0 Å². The van der Waals surface area contributed by atoms with Gasteiger partial charge in [0.1, 0.15) is 0 Å². The molecule has 2 N–H and O–H groups in total. The minimum Gasteiger partial charge on any atom is -0.386 e. The van der Waals surface area contributed by atoms with Gasteiger partial charge in [0.15, 0.2) is 17.2 Å². The van der Waals surface area contributed by atoms with Gasteiger partial charge in [-0.15, -0.1) is 0 Å². The molecule has 3 rings (SSSR count). The lowest BCUT2D eigenvalue weighted by molar-refractivity contribution is -0.135. The van der Waals surface area contributed by atoms with Crippen LogP contribution >= 0.6 is 0 Å². The lowest BCUT2D eigenvalue weighted by atomic mass is 9.81. The van der Waals surface area contributed by atoms with Crippen LogP contribution in [0.15, 0.2) is 23.3 Å². The zero-order valence-corrected chi connectivity index (χ0v) is 15.2. The van der Waals surface area contributed by atoms with Crippen LogP contribution in [0.3, 0.4) is 0 Å². The van der Waals surface area contributed by atoms with Crippen LogP contribution < -0.4 is 0 Å². The summed E-state index contributed by atoms with van der Waals surface area (Å²) in [6.45, 7) is 9.51. The van der Waals surface area contributed by atoms with Crippen LogP contribution in [-0.4, -0.2) is 33.0 Å². The number of carbonyl (C=O) groups is 2. The summed E-state index contributed by atoms with van der Waals surface area (Å²) in [5.74, 6) is -0.121. The van der Waals surface area contributed by atoms with Crippen LogP contribution in [0.25, 0.3) is 0 Å². The Kier molecular flexibility index (Phi) is 3.75. The van der Waals surface area contributed by atoms with Crippen molar-refractivity contribution in [2.75, 3.05) is 0 Å². The zero-order valence-electron chi connectivity index (χ0n) is 15.2. The number of allylic oxidation sites excluding steroid dienone is 1. The van der Waals surface area contributed by atoms with E-state index >= 15 is 0 Å². The number of hydrogen-bond acceptors (Lipinski definition) is 4. The molecule has 4 heteroatoms. The molecule has 0 spiro atoms. The maximum atomic E-state index is 13.0. The number of rotatable bonds is 0. The third kappa shape index (κ3) is 2.51. The molecule has 0 saturated heterocycles. The molecule has 1 fully saturated rings. The van der Waals surface area contributed by atoms with Crippen LogP contribution in [0.5, 0.6) is 0 Å². The number of hydrogen-bond donors (Lipinski definition) is 2. The quantitative estimate of drug-likeness (QED) is 0.715. The minimum absolute atomic E-state index is 0.0247. The second-order valence-electron chi connectivity index (χ2n) is 8.91. The minimum atomic E-state index is -1.90. The van der Waals surface area contributed by atoms with Crippen molar-refractivity contribution in [1.29, 1.82) is 0 Å². The van der Waals surface area contributed by atoms with Gasteiger partial charge in [-0.25, -0.2) is 0 Å². The van der Waals surface area contributed by atoms with E-state index in [1.165, 1.54) is 12.2 Å². The standard InChI is InChI=1S/C20H28O4/c1-11-8-14-13(18(14,3)4)6-7-19(5,23)10-15-16(21)12(2)9-20(15,24)17(11)22/h9-11,13-14,23-24H,6-8H2,1-5H3/b15-10+/t11-,13+,14-,19+,20-/m1/s1. The topological polar surface area (TPSA) is 74.6 Å². The molecule has 1 saturated carbocycles. The normalized spacial score (nSPS) is 47.0. The number of carbonyl (C=O) groups excluding carboxylic acids is 2. The number of Topliss-reactive ketones (excluding diaryl/α,β-unsaturated/α-hetero) is 2. The Balaban J connectivity index is 2.06. The van der Waals surface area contributed by atoms with Crippen LogP contribution in [0.4, 0.5) is 0 Å². The highest BCUT2D eigenvalue weighted by Crippen LogP contribution is 2.63. The molecule has 0 aromatic carbocycles.